The van der Waals surface area contributed by atoms with Gasteiger partial charge >= 0.3 is 5.97 Å². The van der Waals surface area contributed by atoms with Gasteiger partial charge in [-0.1, -0.05) is 6.07 Å². The molecule has 1 aromatic carbocycles. The molecule has 0 aromatic heterocycles. The van der Waals surface area contributed by atoms with Crippen LogP contribution in [-0.2, 0) is 26.0 Å². The molecule has 1 rings (SSSR count). The molecule has 0 aliphatic heterocycles. The molecule has 0 radical (unpaired) electrons. The van der Waals surface area contributed by atoms with Crippen molar-refractivity contribution in [2.75, 3.05) is 13.7 Å². The van der Waals surface area contributed by atoms with Crippen LogP contribution in [0.3, 0.4) is 0 Å². The molecule has 100 valence electrons. The minimum atomic E-state index is -3.85. The second-order valence-electron chi connectivity index (χ2n) is 3.51. The molecule has 0 fully saturated rings. The van der Waals surface area contributed by atoms with Crippen LogP contribution in [0.2, 0.25) is 0 Å². The highest BCUT2D eigenvalue weighted by Gasteiger charge is 2.16. The normalized spacial score (nSPS) is 11.1. The summed E-state index contributed by atoms with van der Waals surface area (Å²) < 4.78 is 32.4. The van der Waals surface area contributed by atoms with Crippen LogP contribution in [0.1, 0.15) is 12.5 Å². The summed E-state index contributed by atoms with van der Waals surface area (Å²) in [5.74, 6) is -0.276. The third-order valence-corrected chi connectivity index (χ3v) is 3.14. The van der Waals surface area contributed by atoms with Gasteiger partial charge in [0.2, 0.25) is 10.0 Å². The Bertz CT molecular complexity index is 538. The lowest BCUT2D eigenvalue weighted by atomic mass is 10.1. The number of carbonyl (C=O) groups is 1. The molecule has 7 heteroatoms. The van der Waals surface area contributed by atoms with Crippen LogP contribution in [0.5, 0.6) is 5.75 Å². The number of carbonyl (C=O) groups excluding carboxylic acids is 1. The van der Waals surface area contributed by atoms with E-state index in [9.17, 15) is 13.2 Å². The first-order valence-corrected chi connectivity index (χ1v) is 6.78. The molecule has 0 saturated carbocycles. The fraction of sp³-hybridized carbons (Fsp3) is 0.364. The van der Waals surface area contributed by atoms with Crippen molar-refractivity contribution in [2.24, 2.45) is 5.14 Å². The number of methoxy groups -OCH3 is 1. The number of hydrogen-bond donors (Lipinski definition) is 1. The number of rotatable bonds is 5. The Morgan fingerprint density at radius 1 is 1.39 bits per heavy atom. The highest BCUT2D eigenvalue weighted by Crippen LogP contribution is 2.24. The maximum absolute atomic E-state index is 11.3. The maximum atomic E-state index is 11.3. The molecule has 0 spiro atoms. The Balaban J connectivity index is 3.15. The van der Waals surface area contributed by atoms with E-state index < -0.39 is 16.0 Å². The van der Waals surface area contributed by atoms with E-state index in [2.05, 4.69) is 4.74 Å². The minimum absolute atomic E-state index is 0.0431. The molecule has 0 aliphatic carbocycles. The number of hydrogen-bond acceptors (Lipinski definition) is 5. The molecular weight excluding hydrogens is 258 g/mol. The van der Waals surface area contributed by atoms with Crippen molar-refractivity contribution in [3.05, 3.63) is 23.8 Å². The van der Waals surface area contributed by atoms with Gasteiger partial charge in [-0.25, -0.2) is 13.6 Å². The zero-order valence-electron chi connectivity index (χ0n) is 10.2. The van der Waals surface area contributed by atoms with Crippen LogP contribution >= 0.6 is 0 Å². The molecule has 0 saturated heterocycles. The number of nitrogens with two attached hydrogens (primary N) is 1. The zero-order valence-corrected chi connectivity index (χ0v) is 11.0. The first-order valence-electron chi connectivity index (χ1n) is 5.23. The average molecular weight is 273 g/mol. The predicted octanol–water partition coefficient (Wildman–Crippen LogP) is 0.448. The van der Waals surface area contributed by atoms with E-state index in [1.165, 1.54) is 25.3 Å². The van der Waals surface area contributed by atoms with E-state index in [1.807, 2.05) is 0 Å². The van der Waals surface area contributed by atoms with Crippen molar-refractivity contribution in [1.29, 1.82) is 0 Å². The number of benzene rings is 1. The Morgan fingerprint density at radius 2 is 2.06 bits per heavy atom. The first-order chi connectivity index (χ1) is 8.38. The lowest BCUT2D eigenvalue weighted by Crippen LogP contribution is -2.14. The van der Waals surface area contributed by atoms with Gasteiger partial charge in [0.1, 0.15) is 10.6 Å². The van der Waals surface area contributed by atoms with Gasteiger partial charge in [0, 0.05) is 0 Å². The maximum Gasteiger partial charge on any atom is 0.309 e. The predicted molar refractivity (Wildman–Crippen MR) is 64.7 cm³/mol. The summed E-state index contributed by atoms with van der Waals surface area (Å²) in [5, 5.41) is 5.07. The van der Waals surface area contributed by atoms with Crippen LogP contribution < -0.4 is 9.88 Å². The standard InChI is InChI=1S/C11H15NO5S/c1-3-17-9-6-8(7-11(13)16-2)4-5-10(9)18(12,14)15/h4-6H,3,7H2,1-2H3,(H2,12,14,15). The summed E-state index contributed by atoms with van der Waals surface area (Å²) in [6.45, 7) is 2.02. The van der Waals surface area contributed by atoms with Crippen molar-refractivity contribution in [1.82, 2.24) is 0 Å². The van der Waals surface area contributed by atoms with Gasteiger partial charge in [0.05, 0.1) is 20.1 Å². The van der Waals surface area contributed by atoms with Crippen LogP contribution in [0, 0.1) is 0 Å². The Labute approximate surface area is 106 Å². The highest BCUT2D eigenvalue weighted by atomic mass is 32.2. The lowest BCUT2D eigenvalue weighted by Gasteiger charge is -2.10. The van der Waals surface area contributed by atoms with Crippen molar-refractivity contribution >= 4 is 16.0 Å². The molecule has 0 unspecified atom stereocenters. The van der Waals surface area contributed by atoms with Crippen molar-refractivity contribution in [3.63, 3.8) is 0 Å². The minimum Gasteiger partial charge on any atom is -0.492 e. The topological polar surface area (TPSA) is 95.7 Å². The molecule has 0 heterocycles. The summed E-state index contributed by atoms with van der Waals surface area (Å²) in [6, 6.07) is 4.29. The molecule has 1 aromatic rings. The largest absolute Gasteiger partial charge is 0.492 e. The molecule has 0 atom stereocenters. The quantitative estimate of drug-likeness (QED) is 0.786. The molecule has 18 heavy (non-hydrogen) atoms. The van der Waals surface area contributed by atoms with Crippen molar-refractivity contribution < 1.29 is 22.7 Å². The fourth-order valence-electron chi connectivity index (χ4n) is 1.40. The van der Waals surface area contributed by atoms with E-state index >= 15 is 0 Å². The summed E-state index contributed by atoms with van der Waals surface area (Å²) >= 11 is 0. The smallest absolute Gasteiger partial charge is 0.309 e. The molecule has 0 amide bonds. The number of sulfonamides is 1. The van der Waals surface area contributed by atoms with Crippen LogP contribution in [0.25, 0.3) is 0 Å². The van der Waals surface area contributed by atoms with Gasteiger partial charge in [0.25, 0.3) is 0 Å². The molecule has 6 nitrogen and oxygen atoms in total. The van der Waals surface area contributed by atoms with E-state index in [-0.39, 0.29) is 17.1 Å². The third-order valence-electron chi connectivity index (χ3n) is 2.19. The second kappa shape index (κ2) is 5.83. The van der Waals surface area contributed by atoms with Gasteiger partial charge in [0.15, 0.2) is 0 Å². The first kappa shape index (κ1) is 14.5. The van der Waals surface area contributed by atoms with Crippen LogP contribution in [-0.4, -0.2) is 28.1 Å². The zero-order chi connectivity index (χ0) is 13.8. The van der Waals surface area contributed by atoms with Crippen molar-refractivity contribution in [3.8, 4) is 5.75 Å². The van der Waals surface area contributed by atoms with E-state index in [1.54, 1.807) is 6.92 Å². The lowest BCUT2D eigenvalue weighted by molar-refractivity contribution is -0.139. The number of primary sulfonamides is 1. The summed E-state index contributed by atoms with van der Waals surface area (Å²) in [6.07, 6.45) is 0.0431. The molecule has 0 aliphatic rings. The van der Waals surface area contributed by atoms with E-state index in [4.69, 9.17) is 9.88 Å². The van der Waals surface area contributed by atoms with E-state index in [0.29, 0.717) is 12.2 Å². The third kappa shape index (κ3) is 3.71. The Hall–Kier alpha value is -1.60. The second-order valence-corrected chi connectivity index (χ2v) is 5.04. The highest BCUT2D eigenvalue weighted by molar-refractivity contribution is 7.89. The molecule has 2 N–H and O–H groups in total. The summed E-state index contributed by atoms with van der Waals surface area (Å²) in [4.78, 5) is 11.0. The van der Waals surface area contributed by atoms with Gasteiger partial charge in [-0.05, 0) is 24.6 Å². The van der Waals surface area contributed by atoms with Crippen LogP contribution in [0.15, 0.2) is 23.1 Å². The van der Waals surface area contributed by atoms with Gasteiger partial charge in [-0.15, -0.1) is 0 Å². The van der Waals surface area contributed by atoms with Crippen molar-refractivity contribution in [2.45, 2.75) is 18.2 Å². The van der Waals surface area contributed by atoms with Gasteiger partial charge < -0.3 is 9.47 Å². The van der Waals surface area contributed by atoms with Gasteiger partial charge in [-0.3, -0.25) is 4.79 Å². The molecular formula is C11H15NO5S. The summed E-state index contributed by atoms with van der Waals surface area (Å²) in [5.41, 5.74) is 0.595. The SMILES string of the molecule is CCOc1cc(CC(=O)OC)ccc1S(N)(=O)=O. The van der Waals surface area contributed by atoms with Gasteiger partial charge in [-0.2, -0.15) is 0 Å². The Morgan fingerprint density at radius 3 is 2.56 bits per heavy atom. The number of ether oxygens (including phenoxy) is 2. The van der Waals surface area contributed by atoms with E-state index in [0.717, 1.165) is 0 Å². The monoisotopic (exact) mass is 273 g/mol. The number of esters is 1. The average Bonchev–Trinajstić information content (AvgIpc) is 2.28. The van der Waals surface area contributed by atoms with Crippen LogP contribution in [0.4, 0.5) is 0 Å². The molecule has 0 bridgehead atoms. The Kier molecular flexibility index (Phi) is 4.69. The fourth-order valence-corrected chi connectivity index (χ4v) is 2.06. The summed E-state index contributed by atoms with van der Waals surface area (Å²) in [7, 11) is -2.57.